The van der Waals surface area contributed by atoms with Crippen LogP contribution in [0.25, 0.3) is 11.5 Å². The van der Waals surface area contributed by atoms with Gasteiger partial charge < -0.3 is 8.94 Å². The van der Waals surface area contributed by atoms with Crippen molar-refractivity contribution in [3.8, 4) is 11.5 Å². The Balaban J connectivity index is 1.65. The predicted octanol–water partition coefficient (Wildman–Crippen LogP) is 2.39. The molecule has 24 heavy (non-hydrogen) atoms. The highest BCUT2D eigenvalue weighted by atomic mass is 32.2. The minimum atomic E-state index is -3.65. The summed E-state index contributed by atoms with van der Waals surface area (Å²) in [5.41, 5.74) is 1.52. The van der Waals surface area contributed by atoms with Crippen molar-refractivity contribution in [1.82, 2.24) is 14.4 Å². The van der Waals surface area contributed by atoms with Crippen LogP contribution in [0.15, 0.2) is 50.4 Å². The second-order valence-electron chi connectivity index (χ2n) is 5.59. The predicted molar refractivity (Wildman–Crippen MR) is 84.5 cm³/mol. The molecule has 0 radical (unpaired) electrons. The topological polar surface area (TPSA) is 89.4 Å². The molecular weight excluding hydrogens is 330 g/mol. The fourth-order valence-corrected chi connectivity index (χ4v) is 4.24. The minimum Gasteiger partial charge on any atom is -0.441 e. The summed E-state index contributed by atoms with van der Waals surface area (Å²) in [7, 11) is -3.65. The summed E-state index contributed by atoms with van der Waals surface area (Å²) in [5.74, 6) is 1.54. The molecule has 0 saturated heterocycles. The molecule has 0 N–H and O–H groups in total. The lowest BCUT2D eigenvalue weighted by Crippen LogP contribution is -2.35. The van der Waals surface area contributed by atoms with Crippen LogP contribution in [0.4, 0.5) is 0 Å². The number of hydrogen-bond acceptors (Lipinski definition) is 6. The van der Waals surface area contributed by atoms with Gasteiger partial charge in [0, 0.05) is 18.5 Å². The standard InChI is InChI=1S/C16H15N3O4S/c1-11-15(9-17-23-11)24(20,21)19-8-7-14-13(10-19)18-16(22-14)12-5-3-2-4-6-12/h2-6,9H,7-8,10H2,1H3. The summed E-state index contributed by atoms with van der Waals surface area (Å²) in [5, 5.41) is 3.56. The van der Waals surface area contributed by atoms with E-state index in [0.29, 0.717) is 24.6 Å². The number of aryl methyl sites for hydroxylation is 1. The zero-order chi connectivity index (χ0) is 16.7. The van der Waals surface area contributed by atoms with Crippen LogP contribution in [0.1, 0.15) is 17.2 Å². The van der Waals surface area contributed by atoms with Gasteiger partial charge in [-0.2, -0.15) is 4.31 Å². The lowest BCUT2D eigenvalue weighted by Gasteiger charge is -2.23. The van der Waals surface area contributed by atoms with Gasteiger partial charge in [-0.3, -0.25) is 0 Å². The number of fused-ring (bicyclic) bond motifs is 1. The second-order valence-corrected chi connectivity index (χ2v) is 7.50. The molecule has 0 fully saturated rings. The Bertz CT molecular complexity index is 976. The fourth-order valence-electron chi connectivity index (χ4n) is 2.76. The molecular formula is C16H15N3O4S. The third kappa shape index (κ3) is 2.44. The Hall–Kier alpha value is -2.45. The Morgan fingerprint density at radius 1 is 1.21 bits per heavy atom. The number of hydrogen-bond donors (Lipinski definition) is 0. The van der Waals surface area contributed by atoms with Crippen molar-refractivity contribution in [1.29, 1.82) is 0 Å². The molecule has 0 unspecified atom stereocenters. The van der Waals surface area contributed by atoms with E-state index in [2.05, 4.69) is 10.1 Å². The first-order chi connectivity index (χ1) is 11.6. The zero-order valence-corrected chi connectivity index (χ0v) is 13.8. The van der Waals surface area contributed by atoms with Crippen molar-refractivity contribution < 1.29 is 17.4 Å². The SMILES string of the molecule is Cc1oncc1S(=O)(=O)N1CCc2oc(-c3ccccc3)nc2C1. The van der Waals surface area contributed by atoms with Gasteiger partial charge in [0.05, 0.1) is 18.4 Å². The summed E-state index contributed by atoms with van der Waals surface area (Å²) in [4.78, 5) is 4.57. The van der Waals surface area contributed by atoms with E-state index < -0.39 is 10.0 Å². The fraction of sp³-hybridized carbons (Fsp3) is 0.250. The van der Waals surface area contributed by atoms with Crippen LogP contribution in [0.3, 0.4) is 0 Å². The van der Waals surface area contributed by atoms with E-state index in [1.54, 1.807) is 6.92 Å². The van der Waals surface area contributed by atoms with Gasteiger partial charge in [-0.1, -0.05) is 23.4 Å². The Kier molecular flexibility index (Phi) is 3.50. The van der Waals surface area contributed by atoms with Crippen molar-refractivity contribution >= 4 is 10.0 Å². The first-order valence-corrected chi connectivity index (χ1v) is 8.95. The molecule has 1 aromatic carbocycles. The molecule has 0 amide bonds. The van der Waals surface area contributed by atoms with Crippen LogP contribution in [0.5, 0.6) is 0 Å². The lowest BCUT2D eigenvalue weighted by atomic mass is 10.2. The number of rotatable bonds is 3. The highest BCUT2D eigenvalue weighted by Crippen LogP contribution is 2.29. The first kappa shape index (κ1) is 15.1. The van der Waals surface area contributed by atoms with Gasteiger partial charge in [0.15, 0.2) is 5.76 Å². The third-order valence-corrected chi connectivity index (χ3v) is 5.98. The maximum Gasteiger partial charge on any atom is 0.248 e. The van der Waals surface area contributed by atoms with Crippen LogP contribution in [0, 0.1) is 6.92 Å². The summed E-state index contributed by atoms with van der Waals surface area (Å²) in [6.45, 7) is 2.10. The van der Waals surface area contributed by atoms with Crippen molar-refractivity contribution in [2.75, 3.05) is 6.54 Å². The average molecular weight is 345 g/mol. The van der Waals surface area contributed by atoms with Crippen LogP contribution < -0.4 is 0 Å². The molecule has 0 aliphatic carbocycles. The number of benzene rings is 1. The molecule has 3 aromatic rings. The Labute approximate surface area is 138 Å². The molecule has 0 bridgehead atoms. The smallest absolute Gasteiger partial charge is 0.248 e. The van der Waals surface area contributed by atoms with Crippen LogP contribution in [-0.2, 0) is 23.0 Å². The summed E-state index contributed by atoms with van der Waals surface area (Å²) in [6.07, 6.45) is 1.72. The molecule has 8 heteroatoms. The Morgan fingerprint density at radius 3 is 2.71 bits per heavy atom. The van der Waals surface area contributed by atoms with Crippen molar-refractivity contribution in [3.63, 3.8) is 0 Å². The molecule has 0 saturated carbocycles. The number of oxazole rings is 1. The van der Waals surface area contributed by atoms with Gasteiger partial charge in [0.2, 0.25) is 15.9 Å². The van der Waals surface area contributed by atoms with E-state index in [-0.39, 0.29) is 17.2 Å². The Morgan fingerprint density at radius 2 is 2.00 bits per heavy atom. The zero-order valence-electron chi connectivity index (χ0n) is 13.0. The van der Waals surface area contributed by atoms with Gasteiger partial charge in [-0.25, -0.2) is 13.4 Å². The molecule has 0 spiro atoms. The molecule has 1 aliphatic heterocycles. The van der Waals surface area contributed by atoms with Crippen molar-refractivity contribution in [3.05, 3.63) is 53.7 Å². The van der Waals surface area contributed by atoms with Gasteiger partial charge in [-0.05, 0) is 19.1 Å². The lowest BCUT2D eigenvalue weighted by molar-refractivity contribution is 0.360. The normalized spacial score (nSPS) is 15.4. The van der Waals surface area contributed by atoms with E-state index in [0.717, 1.165) is 11.3 Å². The highest BCUT2D eigenvalue weighted by Gasteiger charge is 2.33. The van der Waals surface area contributed by atoms with E-state index in [4.69, 9.17) is 8.94 Å². The molecule has 1 aliphatic rings. The quantitative estimate of drug-likeness (QED) is 0.724. The number of nitrogens with zero attached hydrogens (tertiary/aromatic N) is 3. The molecule has 7 nitrogen and oxygen atoms in total. The minimum absolute atomic E-state index is 0.0951. The summed E-state index contributed by atoms with van der Waals surface area (Å²) in [6, 6.07) is 9.55. The van der Waals surface area contributed by atoms with E-state index in [1.807, 2.05) is 30.3 Å². The monoisotopic (exact) mass is 345 g/mol. The van der Waals surface area contributed by atoms with E-state index >= 15 is 0 Å². The van der Waals surface area contributed by atoms with Crippen LogP contribution in [0.2, 0.25) is 0 Å². The van der Waals surface area contributed by atoms with E-state index in [9.17, 15) is 8.42 Å². The summed E-state index contributed by atoms with van der Waals surface area (Å²) < 4.78 is 37.5. The molecule has 2 aromatic heterocycles. The number of sulfonamides is 1. The highest BCUT2D eigenvalue weighted by molar-refractivity contribution is 7.89. The van der Waals surface area contributed by atoms with Crippen molar-refractivity contribution in [2.24, 2.45) is 0 Å². The van der Waals surface area contributed by atoms with Gasteiger partial charge in [-0.15, -0.1) is 0 Å². The van der Waals surface area contributed by atoms with E-state index in [1.165, 1.54) is 10.5 Å². The number of aromatic nitrogens is 2. The molecule has 124 valence electrons. The molecule has 3 heterocycles. The van der Waals surface area contributed by atoms with Gasteiger partial charge >= 0.3 is 0 Å². The van der Waals surface area contributed by atoms with Crippen LogP contribution in [-0.4, -0.2) is 29.4 Å². The maximum absolute atomic E-state index is 12.7. The second kappa shape index (κ2) is 5.57. The van der Waals surface area contributed by atoms with Crippen molar-refractivity contribution in [2.45, 2.75) is 24.8 Å². The molecule has 0 atom stereocenters. The summed E-state index contributed by atoms with van der Waals surface area (Å²) >= 11 is 0. The van der Waals surface area contributed by atoms with Gasteiger partial charge in [0.1, 0.15) is 10.7 Å². The first-order valence-electron chi connectivity index (χ1n) is 7.51. The third-order valence-electron chi connectivity index (χ3n) is 4.04. The maximum atomic E-state index is 12.7. The van der Waals surface area contributed by atoms with Crippen LogP contribution >= 0.6 is 0 Å². The average Bonchev–Trinajstić information content (AvgIpc) is 3.21. The van der Waals surface area contributed by atoms with Gasteiger partial charge in [0.25, 0.3) is 0 Å². The largest absolute Gasteiger partial charge is 0.441 e. The molecule has 4 rings (SSSR count).